The fourth-order valence-corrected chi connectivity index (χ4v) is 4.22. The number of ether oxygens (including phenoxy) is 1. The van der Waals surface area contributed by atoms with Gasteiger partial charge in [-0.1, -0.05) is 37.4 Å². The summed E-state index contributed by atoms with van der Waals surface area (Å²) < 4.78 is 5.69. The number of fused-ring (bicyclic) bond motifs is 1. The predicted octanol–water partition coefficient (Wildman–Crippen LogP) is 4.89. The van der Waals surface area contributed by atoms with Crippen molar-refractivity contribution in [3.05, 3.63) is 28.8 Å². The minimum absolute atomic E-state index is 0.364. The van der Waals surface area contributed by atoms with Gasteiger partial charge in [-0.2, -0.15) is 0 Å². The average Bonchev–Trinajstić information content (AvgIpc) is 2.60. The first kappa shape index (κ1) is 15.4. The number of rotatable bonds is 3. The van der Waals surface area contributed by atoms with Gasteiger partial charge in [0.1, 0.15) is 5.75 Å². The summed E-state index contributed by atoms with van der Waals surface area (Å²) in [6.45, 7) is 2.16. The summed E-state index contributed by atoms with van der Waals surface area (Å²) in [4.78, 5) is 0. The van der Waals surface area contributed by atoms with Crippen LogP contribution in [-0.4, -0.2) is 18.0 Å². The lowest BCUT2D eigenvalue weighted by Crippen LogP contribution is -2.23. The van der Waals surface area contributed by atoms with Gasteiger partial charge in [-0.15, -0.1) is 0 Å². The maximum atomic E-state index is 9.47. The highest BCUT2D eigenvalue weighted by molar-refractivity contribution is 6.04. The van der Waals surface area contributed by atoms with E-state index in [1.54, 1.807) is 7.11 Å². The molecule has 0 amide bonds. The number of aryl methyl sites for hydroxylation is 1. The van der Waals surface area contributed by atoms with Crippen LogP contribution >= 0.6 is 0 Å². The maximum absolute atomic E-state index is 9.47. The van der Waals surface area contributed by atoms with Gasteiger partial charge in [0.2, 0.25) is 0 Å². The smallest absolute Gasteiger partial charge is 0.123 e. The first-order chi connectivity index (χ1) is 10.8. The van der Waals surface area contributed by atoms with Crippen molar-refractivity contribution >= 4 is 5.71 Å². The molecule has 0 radical (unpaired) electrons. The minimum atomic E-state index is 0.364. The normalized spacial score (nSPS) is 24.3. The largest absolute Gasteiger partial charge is 0.496 e. The van der Waals surface area contributed by atoms with Crippen LogP contribution in [-0.2, 0) is 6.42 Å². The molecule has 3 heteroatoms. The fraction of sp³-hybridized carbons (Fsp3) is 0.632. The molecule has 1 atom stereocenters. The summed E-state index contributed by atoms with van der Waals surface area (Å²) in [5.74, 6) is 1.97. The Bertz CT molecular complexity index is 559. The van der Waals surface area contributed by atoms with Crippen molar-refractivity contribution in [2.75, 3.05) is 7.11 Å². The van der Waals surface area contributed by atoms with Crippen molar-refractivity contribution in [1.29, 1.82) is 0 Å². The Kier molecular flexibility index (Phi) is 4.70. The van der Waals surface area contributed by atoms with E-state index in [1.807, 2.05) is 0 Å². The molecule has 0 saturated heterocycles. The molecule has 1 saturated carbocycles. The van der Waals surface area contributed by atoms with Crippen LogP contribution in [0.15, 0.2) is 17.3 Å². The number of hydrogen-bond donors (Lipinski definition) is 1. The zero-order valence-corrected chi connectivity index (χ0v) is 13.8. The van der Waals surface area contributed by atoms with E-state index in [4.69, 9.17) is 4.74 Å². The summed E-state index contributed by atoms with van der Waals surface area (Å²) in [6, 6.07) is 4.46. The van der Waals surface area contributed by atoms with Gasteiger partial charge in [0.15, 0.2) is 0 Å². The van der Waals surface area contributed by atoms with E-state index in [-0.39, 0.29) is 0 Å². The Labute approximate surface area is 133 Å². The molecule has 2 aliphatic rings. The van der Waals surface area contributed by atoms with E-state index in [0.29, 0.717) is 11.8 Å². The minimum Gasteiger partial charge on any atom is -0.496 e. The van der Waals surface area contributed by atoms with E-state index in [1.165, 1.54) is 43.2 Å². The molecule has 1 aromatic carbocycles. The quantitative estimate of drug-likeness (QED) is 0.637. The standard InChI is InChI=1S/C19H27NO2/c1-3-13-9-10-15-11-16(14-7-5-4-6-8-14)18(22-2)12-17(15)19(13)20-21/h11-14,21H,3-10H2,1-2H3. The molecule has 0 heterocycles. The third-order valence-electron chi connectivity index (χ3n) is 5.53. The van der Waals surface area contributed by atoms with E-state index < -0.39 is 0 Å². The zero-order valence-electron chi connectivity index (χ0n) is 13.8. The van der Waals surface area contributed by atoms with Gasteiger partial charge >= 0.3 is 0 Å². The van der Waals surface area contributed by atoms with Crippen molar-refractivity contribution in [2.45, 2.75) is 64.2 Å². The lowest BCUT2D eigenvalue weighted by molar-refractivity contribution is 0.313. The highest BCUT2D eigenvalue weighted by atomic mass is 16.5. The second-order valence-electron chi connectivity index (χ2n) is 6.72. The molecule has 1 aromatic rings. The summed E-state index contributed by atoms with van der Waals surface area (Å²) in [5.41, 5.74) is 4.64. The number of benzene rings is 1. The lowest BCUT2D eigenvalue weighted by Gasteiger charge is -2.29. The molecule has 3 rings (SSSR count). The summed E-state index contributed by atoms with van der Waals surface area (Å²) >= 11 is 0. The molecule has 1 N–H and O–H groups in total. The average molecular weight is 301 g/mol. The van der Waals surface area contributed by atoms with Crippen molar-refractivity contribution in [3.63, 3.8) is 0 Å². The van der Waals surface area contributed by atoms with Gasteiger partial charge in [0.05, 0.1) is 12.8 Å². The van der Waals surface area contributed by atoms with Gasteiger partial charge in [-0.3, -0.25) is 0 Å². The molecule has 22 heavy (non-hydrogen) atoms. The van der Waals surface area contributed by atoms with Gasteiger partial charge in [0.25, 0.3) is 0 Å². The van der Waals surface area contributed by atoms with Crippen LogP contribution in [0, 0.1) is 5.92 Å². The monoisotopic (exact) mass is 301 g/mol. The van der Waals surface area contributed by atoms with Crippen molar-refractivity contribution in [3.8, 4) is 5.75 Å². The molecule has 0 bridgehead atoms. The van der Waals surface area contributed by atoms with Crippen LogP contribution in [0.3, 0.4) is 0 Å². The van der Waals surface area contributed by atoms with Crippen LogP contribution in [0.25, 0.3) is 0 Å². The van der Waals surface area contributed by atoms with E-state index in [2.05, 4.69) is 24.2 Å². The van der Waals surface area contributed by atoms with Gasteiger partial charge < -0.3 is 9.94 Å². The second kappa shape index (κ2) is 6.72. The molecular weight excluding hydrogens is 274 g/mol. The highest BCUT2D eigenvalue weighted by Crippen LogP contribution is 2.41. The number of hydrogen-bond acceptors (Lipinski definition) is 3. The topological polar surface area (TPSA) is 41.8 Å². The molecule has 2 aliphatic carbocycles. The Morgan fingerprint density at radius 2 is 1.95 bits per heavy atom. The van der Waals surface area contributed by atoms with Crippen LogP contribution in [0.4, 0.5) is 0 Å². The van der Waals surface area contributed by atoms with Gasteiger partial charge in [-0.05, 0) is 55.2 Å². The first-order valence-electron chi connectivity index (χ1n) is 8.71. The van der Waals surface area contributed by atoms with Gasteiger partial charge in [-0.25, -0.2) is 0 Å². The highest BCUT2D eigenvalue weighted by Gasteiger charge is 2.28. The van der Waals surface area contributed by atoms with Gasteiger partial charge in [0, 0.05) is 11.5 Å². The summed E-state index contributed by atoms with van der Waals surface area (Å²) in [7, 11) is 1.75. The Hall–Kier alpha value is -1.51. The fourth-order valence-electron chi connectivity index (χ4n) is 4.22. The Morgan fingerprint density at radius 3 is 2.59 bits per heavy atom. The summed E-state index contributed by atoms with van der Waals surface area (Å²) in [5, 5.41) is 13.1. The van der Waals surface area contributed by atoms with Crippen molar-refractivity contribution in [1.82, 2.24) is 0 Å². The number of methoxy groups -OCH3 is 1. The third kappa shape index (κ3) is 2.73. The molecule has 1 fully saturated rings. The van der Waals surface area contributed by atoms with Crippen molar-refractivity contribution < 1.29 is 9.94 Å². The third-order valence-corrected chi connectivity index (χ3v) is 5.53. The van der Waals surface area contributed by atoms with Crippen molar-refractivity contribution in [2.24, 2.45) is 11.1 Å². The number of oxime groups is 1. The molecule has 120 valence electrons. The van der Waals surface area contributed by atoms with E-state index >= 15 is 0 Å². The van der Waals surface area contributed by atoms with Crippen LogP contribution in [0.1, 0.15) is 74.5 Å². The maximum Gasteiger partial charge on any atom is 0.123 e. The van der Waals surface area contributed by atoms with Crippen LogP contribution < -0.4 is 4.74 Å². The Balaban J connectivity index is 2.02. The van der Waals surface area contributed by atoms with E-state index in [9.17, 15) is 5.21 Å². The second-order valence-corrected chi connectivity index (χ2v) is 6.72. The van der Waals surface area contributed by atoms with Crippen LogP contribution in [0.5, 0.6) is 5.75 Å². The molecule has 3 nitrogen and oxygen atoms in total. The zero-order chi connectivity index (χ0) is 15.5. The molecule has 0 spiro atoms. The van der Waals surface area contributed by atoms with E-state index in [0.717, 1.165) is 36.3 Å². The first-order valence-corrected chi connectivity index (χ1v) is 8.71. The molecule has 0 aliphatic heterocycles. The summed E-state index contributed by atoms with van der Waals surface area (Å²) in [6.07, 6.45) is 9.74. The lowest BCUT2D eigenvalue weighted by atomic mass is 9.77. The van der Waals surface area contributed by atoms with Crippen LogP contribution in [0.2, 0.25) is 0 Å². The SMILES string of the molecule is CCC1CCc2cc(C3CCCCC3)c(OC)cc2C1=NO. The molecule has 0 aromatic heterocycles. The number of nitrogens with zero attached hydrogens (tertiary/aromatic N) is 1. The molecule has 1 unspecified atom stereocenters. The molecular formula is C19H27NO2. The predicted molar refractivity (Wildman–Crippen MR) is 89.2 cm³/mol. The Morgan fingerprint density at radius 1 is 1.18 bits per heavy atom.